The lowest BCUT2D eigenvalue weighted by Gasteiger charge is -2.29. The number of primary sulfonamides is 2. The highest BCUT2D eigenvalue weighted by Crippen LogP contribution is 2.32. The second-order valence-electron chi connectivity index (χ2n) is 4.05. The molecule has 0 aromatic rings. The molecule has 0 aromatic heterocycles. The van der Waals surface area contributed by atoms with Crippen molar-refractivity contribution in [2.75, 3.05) is 0 Å². The van der Waals surface area contributed by atoms with Crippen LogP contribution in [0.25, 0.3) is 0 Å². The summed E-state index contributed by atoms with van der Waals surface area (Å²) in [6.07, 6.45) is 4.83. The van der Waals surface area contributed by atoms with Gasteiger partial charge in [-0.2, -0.15) is 0 Å². The molecule has 0 radical (unpaired) electrons. The molecule has 1 aliphatic carbocycles. The van der Waals surface area contributed by atoms with E-state index in [0.29, 0.717) is 12.8 Å². The quantitative estimate of drug-likeness (QED) is 0.749. The summed E-state index contributed by atoms with van der Waals surface area (Å²) in [5.41, 5.74) is 0. The van der Waals surface area contributed by atoms with Gasteiger partial charge in [0.15, 0.2) is 0 Å². The third kappa shape index (κ3) is 2.95. The molecule has 0 spiro atoms. The van der Waals surface area contributed by atoms with E-state index in [0.717, 1.165) is 0 Å². The SMILES string of the molecule is CCCC1(S(N)(=O)=O)C=CC(S(N)(=O)=O)=CC1. The molecule has 0 bridgehead atoms. The van der Waals surface area contributed by atoms with Crippen molar-refractivity contribution in [1.29, 1.82) is 0 Å². The molecule has 17 heavy (non-hydrogen) atoms. The summed E-state index contributed by atoms with van der Waals surface area (Å²) in [7, 11) is -7.58. The molecule has 0 aliphatic heterocycles. The van der Waals surface area contributed by atoms with Gasteiger partial charge in [0, 0.05) is 0 Å². The van der Waals surface area contributed by atoms with Crippen molar-refractivity contribution < 1.29 is 16.8 Å². The Bertz CT molecular complexity index is 560. The topological polar surface area (TPSA) is 120 Å². The van der Waals surface area contributed by atoms with Gasteiger partial charge in [0.1, 0.15) is 4.75 Å². The van der Waals surface area contributed by atoms with E-state index in [1.807, 2.05) is 6.92 Å². The molecular weight excluding hydrogens is 264 g/mol. The molecule has 0 saturated carbocycles. The summed E-state index contributed by atoms with van der Waals surface area (Å²) in [5.74, 6) is 0. The van der Waals surface area contributed by atoms with Crippen LogP contribution < -0.4 is 10.3 Å². The third-order valence-corrected chi connectivity index (χ3v) is 5.37. The van der Waals surface area contributed by atoms with E-state index in [9.17, 15) is 16.8 Å². The molecule has 1 atom stereocenters. The summed E-state index contributed by atoms with van der Waals surface area (Å²) in [5, 5.41) is 10.2. The molecule has 0 saturated heterocycles. The fourth-order valence-corrected chi connectivity index (χ4v) is 3.45. The number of rotatable bonds is 4. The van der Waals surface area contributed by atoms with Crippen molar-refractivity contribution >= 4 is 20.0 Å². The molecule has 0 fully saturated rings. The van der Waals surface area contributed by atoms with Gasteiger partial charge in [-0.3, -0.25) is 0 Å². The summed E-state index contributed by atoms with van der Waals surface area (Å²) in [6, 6.07) is 0. The van der Waals surface area contributed by atoms with E-state index in [1.165, 1.54) is 18.2 Å². The highest BCUT2D eigenvalue weighted by Gasteiger charge is 2.39. The Morgan fingerprint density at radius 2 is 1.88 bits per heavy atom. The standard InChI is InChI=1S/C9H16N2O4S2/c1-2-5-9(17(11,14)15)6-3-8(4-7-9)16(10,12)13/h3-4,6H,2,5,7H2,1H3,(H2,10,12,13)(H2,11,14,15). The average Bonchev–Trinajstić information content (AvgIpc) is 2.15. The van der Waals surface area contributed by atoms with Gasteiger partial charge in [-0.1, -0.05) is 25.5 Å². The normalized spacial score (nSPS) is 25.7. The van der Waals surface area contributed by atoms with Crippen molar-refractivity contribution in [2.24, 2.45) is 10.3 Å². The van der Waals surface area contributed by atoms with Crippen LogP contribution in [0.5, 0.6) is 0 Å². The summed E-state index contributed by atoms with van der Waals surface area (Å²) in [4.78, 5) is -0.0760. The van der Waals surface area contributed by atoms with Gasteiger partial charge >= 0.3 is 0 Å². The van der Waals surface area contributed by atoms with Crippen molar-refractivity contribution in [3.63, 3.8) is 0 Å². The van der Waals surface area contributed by atoms with Gasteiger partial charge in [0.25, 0.3) is 0 Å². The van der Waals surface area contributed by atoms with Crippen molar-refractivity contribution in [3.8, 4) is 0 Å². The van der Waals surface area contributed by atoms with Crippen LogP contribution in [0.2, 0.25) is 0 Å². The minimum atomic E-state index is -3.80. The molecule has 1 aliphatic rings. The van der Waals surface area contributed by atoms with Crippen LogP contribution in [0.1, 0.15) is 26.2 Å². The Kier molecular flexibility index (Phi) is 3.82. The largest absolute Gasteiger partial charge is 0.237 e. The zero-order valence-corrected chi connectivity index (χ0v) is 11.1. The lowest BCUT2D eigenvalue weighted by atomic mass is 9.95. The molecule has 6 nitrogen and oxygen atoms in total. The van der Waals surface area contributed by atoms with Gasteiger partial charge in [-0.25, -0.2) is 27.1 Å². The Labute approximate surface area is 101 Å². The molecule has 0 aromatic carbocycles. The van der Waals surface area contributed by atoms with Crippen molar-refractivity contribution in [2.45, 2.75) is 30.9 Å². The maximum Gasteiger partial charge on any atom is 0.237 e. The maximum atomic E-state index is 11.6. The van der Waals surface area contributed by atoms with Crippen molar-refractivity contribution in [1.82, 2.24) is 0 Å². The van der Waals surface area contributed by atoms with Gasteiger partial charge in [0.2, 0.25) is 20.0 Å². The molecular formula is C9H16N2O4S2. The minimum Gasteiger partial charge on any atom is -0.228 e. The molecule has 1 rings (SSSR count). The Hall–Kier alpha value is -0.700. The first-order chi connectivity index (χ1) is 7.62. The first-order valence-corrected chi connectivity index (χ1v) is 8.16. The molecule has 98 valence electrons. The van der Waals surface area contributed by atoms with E-state index in [1.54, 1.807) is 0 Å². The number of nitrogens with two attached hydrogens (primary N) is 2. The van der Waals surface area contributed by atoms with E-state index in [2.05, 4.69) is 0 Å². The molecule has 8 heteroatoms. The van der Waals surface area contributed by atoms with Crippen LogP contribution in [-0.2, 0) is 20.0 Å². The lowest BCUT2D eigenvalue weighted by Crippen LogP contribution is -2.42. The lowest BCUT2D eigenvalue weighted by molar-refractivity contribution is 0.528. The fourth-order valence-electron chi connectivity index (χ4n) is 1.82. The van der Waals surface area contributed by atoms with E-state index < -0.39 is 24.8 Å². The number of hydrogen-bond acceptors (Lipinski definition) is 4. The average molecular weight is 280 g/mol. The van der Waals surface area contributed by atoms with Crippen LogP contribution in [0.15, 0.2) is 23.1 Å². The fraction of sp³-hybridized carbons (Fsp3) is 0.556. The van der Waals surface area contributed by atoms with Crippen molar-refractivity contribution in [3.05, 3.63) is 23.1 Å². The van der Waals surface area contributed by atoms with E-state index >= 15 is 0 Å². The summed E-state index contributed by atoms with van der Waals surface area (Å²) < 4.78 is 44.1. The van der Waals surface area contributed by atoms with Crippen LogP contribution in [0, 0.1) is 0 Å². The third-order valence-electron chi connectivity index (χ3n) is 2.77. The highest BCUT2D eigenvalue weighted by atomic mass is 32.2. The van der Waals surface area contributed by atoms with Gasteiger partial charge in [-0.05, 0) is 18.9 Å². The monoisotopic (exact) mass is 280 g/mol. The number of sulfonamides is 2. The molecule has 0 amide bonds. The Morgan fingerprint density at radius 3 is 2.18 bits per heavy atom. The van der Waals surface area contributed by atoms with Gasteiger partial charge in [0.05, 0.1) is 4.91 Å². The maximum absolute atomic E-state index is 11.6. The first-order valence-electron chi connectivity index (χ1n) is 5.07. The zero-order chi connectivity index (χ0) is 13.3. The molecule has 4 N–H and O–H groups in total. The van der Waals surface area contributed by atoms with E-state index in [4.69, 9.17) is 10.3 Å². The minimum absolute atomic E-state index is 0.0297. The van der Waals surface area contributed by atoms with Gasteiger partial charge in [-0.15, -0.1) is 0 Å². The van der Waals surface area contributed by atoms with Gasteiger partial charge < -0.3 is 0 Å². The smallest absolute Gasteiger partial charge is 0.228 e. The number of hydrogen-bond donors (Lipinski definition) is 2. The Balaban J connectivity index is 3.15. The first kappa shape index (κ1) is 14.4. The summed E-state index contributed by atoms with van der Waals surface area (Å²) in [6.45, 7) is 1.83. The molecule has 0 heterocycles. The van der Waals surface area contributed by atoms with Crippen LogP contribution in [0.3, 0.4) is 0 Å². The van der Waals surface area contributed by atoms with Crippen LogP contribution >= 0.6 is 0 Å². The zero-order valence-electron chi connectivity index (χ0n) is 9.46. The Morgan fingerprint density at radius 1 is 1.29 bits per heavy atom. The van der Waals surface area contributed by atoms with Crippen LogP contribution in [-0.4, -0.2) is 21.6 Å². The number of allylic oxidation sites excluding steroid dienone is 2. The second-order valence-corrected chi connectivity index (χ2v) is 7.51. The predicted molar refractivity (Wildman–Crippen MR) is 65.7 cm³/mol. The second kappa shape index (κ2) is 4.52. The summed E-state index contributed by atoms with van der Waals surface area (Å²) >= 11 is 0. The van der Waals surface area contributed by atoms with Crippen LogP contribution in [0.4, 0.5) is 0 Å². The molecule has 1 unspecified atom stereocenters. The van der Waals surface area contributed by atoms with E-state index in [-0.39, 0.29) is 11.3 Å². The predicted octanol–water partition coefficient (Wildman–Crippen LogP) is -0.0539. The highest BCUT2D eigenvalue weighted by molar-refractivity contribution is 7.93.